The lowest BCUT2D eigenvalue weighted by Gasteiger charge is -2.27. The lowest BCUT2D eigenvalue weighted by atomic mass is 9.85. The second-order valence-electron chi connectivity index (χ2n) is 11.8. The quantitative estimate of drug-likeness (QED) is 0.175. The minimum Gasteiger partial charge on any atom is -0.310 e. The maximum Gasteiger partial charge on any atom is 0.0490 e. The molecule has 0 N–H and O–H groups in total. The van der Waals surface area contributed by atoms with Gasteiger partial charge in [0.1, 0.15) is 0 Å². The molecule has 46 heavy (non-hydrogen) atoms. The van der Waals surface area contributed by atoms with Crippen molar-refractivity contribution in [2.45, 2.75) is 6.92 Å². The second-order valence-corrected chi connectivity index (χ2v) is 11.8. The topological polar surface area (TPSA) is 3.24 Å². The molecule has 0 atom stereocenters. The van der Waals surface area contributed by atoms with Gasteiger partial charge in [0.05, 0.1) is 0 Å². The van der Waals surface area contributed by atoms with Crippen LogP contribution in [-0.4, -0.2) is 0 Å². The number of benzene rings is 8. The predicted molar refractivity (Wildman–Crippen MR) is 197 cm³/mol. The standard InChI is InChI=1S/C45H33N/c1-32-15-11-14-24-43(32)46(37-20-9-4-10-21-37)38-28-25-33(26-29-38)36-27-30-41-42(31-36)45(35-18-7-3-8-19-35)40-23-13-12-22-39(40)44(41)34-16-5-2-6-17-34/h2-31H,1H3. The summed E-state index contributed by atoms with van der Waals surface area (Å²) in [7, 11) is 0. The minimum atomic E-state index is 1.13. The van der Waals surface area contributed by atoms with Crippen molar-refractivity contribution in [3.63, 3.8) is 0 Å². The molecule has 1 heteroatoms. The third kappa shape index (κ3) is 4.93. The Morgan fingerprint density at radius 3 is 1.39 bits per heavy atom. The Labute approximate surface area is 270 Å². The van der Waals surface area contributed by atoms with Crippen LogP contribution >= 0.6 is 0 Å². The summed E-state index contributed by atoms with van der Waals surface area (Å²) in [5.41, 5.74) is 12.1. The molecule has 218 valence electrons. The van der Waals surface area contributed by atoms with E-state index in [4.69, 9.17) is 0 Å². The van der Waals surface area contributed by atoms with Crippen molar-refractivity contribution < 1.29 is 0 Å². The lowest BCUT2D eigenvalue weighted by molar-refractivity contribution is 1.25. The normalized spacial score (nSPS) is 11.2. The molecule has 0 fully saturated rings. The van der Waals surface area contributed by atoms with E-state index in [0.29, 0.717) is 0 Å². The van der Waals surface area contributed by atoms with Gasteiger partial charge < -0.3 is 4.90 Å². The van der Waals surface area contributed by atoms with Gasteiger partial charge in [-0.3, -0.25) is 0 Å². The van der Waals surface area contributed by atoms with Gasteiger partial charge in [0.2, 0.25) is 0 Å². The minimum absolute atomic E-state index is 1.13. The molecule has 0 unspecified atom stereocenters. The zero-order valence-electron chi connectivity index (χ0n) is 25.8. The van der Waals surface area contributed by atoms with Crippen LogP contribution in [0.15, 0.2) is 182 Å². The van der Waals surface area contributed by atoms with Crippen LogP contribution in [-0.2, 0) is 0 Å². The van der Waals surface area contributed by atoms with Crippen LogP contribution < -0.4 is 4.90 Å². The summed E-state index contributed by atoms with van der Waals surface area (Å²) in [6.45, 7) is 2.17. The first-order chi connectivity index (χ1) is 22.8. The summed E-state index contributed by atoms with van der Waals surface area (Å²) in [4.78, 5) is 2.34. The number of nitrogens with zero attached hydrogens (tertiary/aromatic N) is 1. The maximum atomic E-state index is 2.39. The van der Waals surface area contributed by atoms with Gasteiger partial charge in [-0.05, 0) is 104 Å². The van der Waals surface area contributed by atoms with Crippen molar-refractivity contribution >= 4 is 38.6 Å². The molecule has 0 radical (unpaired) electrons. The van der Waals surface area contributed by atoms with Crippen LogP contribution in [0.25, 0.3) is 54.9 Å². The van der Waals surface area contributed by atoms with Crippen LogP contribution in [0, 0.1) is 6.92 Å². The summed E-state index contributed by atoms with van der Waals surface area (Å²) >= 11 is 0. The summed E-state index contributed by atoms with van der Waals surface area (Å²) < 4.78 is 0. The summed E-state index contributed by atoms with van der Waals surface area (Å²) in [5, 5.41) is 5.06. The Balaban J connectivity index is 1.32. The van der Waals surface area contributed by atoms with E-state index in [2.05, 4.69) is 194 Å². The van der Waals surface area contributed by atoms with E-state index in [-0.39, 0.29) is 0 Å². The maximum absolute atomic E-state index is 2.39. The molecule has 0 aliphatic heterocycles. The Hall–Kier alpha value is -5.92. The Bertz CT molecular complexity index is 2290. The van der Waals surface area contributed by atoms with Crippen molar-refractivity contribution in [1.82, 2.24) is 0 Å². The van der Waals surface area contributed by atoms with Crippen LogP contribution in [0.4, 0.5) is 17.1 Å². The molecule has 0 spiro atoms. The third-order valence-corrected chi connectivity index (χ3v) is 8.98. The van der Waals surface area contributed by atoms with Crippen LogP contribution in [0.5, 0.6) is 0 Å². The fraction of sp³-hybridized carbons (Fsp3) is 0.0222. The van der Waals surface area contributed by atoms with Crippen molar-refractivity contribution in [2.75, 3.05) is 4.90 Å². The van der Waals surface area contributed by atoms with E-state index in [1.165, 1.54) is 66.2 Å². The van der Waals surface area contributed by atoms with Gasteiger partial charge in [0.25, 0.3) is 0 Å². The molecule has 0 bridgehead atoms. The van der Waals surface area contributed by atoms with E-state index in [0.717, 1.165) is 11.4 Å². The van der Waals surface area contributed by atoms with Gasteiger partial charge in [-0.25, -0.2) is 0 Å². The predicted octanol–water partition coefficient (Wildman–Crippen LogP) is 12.8. The highest BCUT2D eigenvalue weighted by molar-refractivity contribution is 6.21. The van der Waals surface area contributed by atoms with Gasteiger partial charge in [0, 0.05) is 17.1 Å². The molecule has 8 aromatic carbocycles. The van der Waals surface area contributed by atoms with E-state index in [9.17, 15) is 0 Å². The Kier molecular flexibility index (Phi) is 7.13. The largest absolute Gasteiger partial charge is 0.310 e. The fourth-order valence-electron chi connectivity index (χ4n) is 6.81. The monoisotopic (exact) mass is 587 g/mol. The lowest BCUT2D eigenvalue weighted by Crippen LogP contribution is -2.11. The first-order valence-corrected chi connectivity index (χ1v) is 15.9. The number of fused-ring (bicyclic) bond motifs is 2. The number of hydrogen-bond donors (Lipinski definition) is 0. The number of aryl methyl sites for hydroxylation is 1. The zero-order chi connectivity index (χ0) is 30.9. The number of para-hydroxylation sites is 2. The van der Waals surface area contributed by atoms with E-state index in [1.807, 2.05) is 0 Å². The van der Waals surface area contributed by atoms with Gasteiger partial charge in [-0.2, -0.15) is 0 Å². The van der Waals surface area contributed by atoms with Crippen molar-refractivity contribution in [2.24, 2.45) is 0 Å². The van der Waals surface area contributed by atoms with Crippen LogP contribution in [0.1, 0.15) is 5.56 Å². The van der Waals surface area contributed by atoms with E-state index >= 15 is 0 Å². The summed E-state index contributed by atoms with van der Waals surface area (Å²) in [5.74, 6) is 0. The molecular formula is C45H33N. The highest BCUT2D eigenvalue weighted by Crippen LogP contribution is 2.45. The van der Waals surface area contributed by atoms with Crippen molar-refractivity contribution in [1.29, 1.82) is 0 Å². The molecule has 8 rings (SSSR count). The fourth-order valence-corrected chi connectivity index (χ4v) is 6.81. The first-order valence-electron chi connectivity index (χ1n) is 15.9. The molecular weight excluding hydrogens is 555 g/mol. The molecule has 0 aliphatic rings. The van der Waals surface area contributed by atoms with E-state index < -0.39 is 0 Å². The molecule has 0 saturated carbocycles. The number of rotatable bonds is 6. The number of anilines is 3. The Morgan fingerprint density at radius 2 is 0.783 bits per heavy atom. The molecule has 0 saturated heterocycles. The molecule has 0 heterocycles. The van der Waals surface area contributed by atoms with Gasteiger partial charge >= 0.3 is 0 Å². The molecule has 1 nitrogen and oxygen atoms in total. The molecule has 8 aromatic rings. The second kappa shape index (κ2) is 11.9. The van der Waals surface area contributed by atoms with Gasteiger partial charge in [-0.1, -0.05) is 146 Å². The first kappa shape index (κ1) is 27.6. The average Bonchev–Trinajstić information content (AvgIpc) is 3.13. The van der Waals surface area contributed by atoms with Crippen molar-refractivity contribution in [3.8, 4) is 33.4 Å². The third-order valence-electron chi connectivity index (χ3n) is 8.98. The smallest absolute Gasteiger partial charge is 0.0490 e. The number of hydrogen-bond acceptors (Lipinski definition) is 1. The Morgan fingerprint density at radius 1 is 0.326 bits per heavy atom. The zero-order valence-corrected chi connectivity index (χ0v) is 25.8. The SMILES string of the molecule is Cc1ccccc1N(c1ccccc1)c1ccc(-c2ccc3c(-c4ccccc4)c4ccccc4c(-c4ccccc4)c3c2)cc1. The van der Waals surface area contributed by atoms with Crippen molar-refractivity contribution in [3.05, 3.63) is 188 Å². The average molecular weight is 588 g/mol. The van der Waals surface area contributed by atoms with Crippen LogP contribution in [0.3, 0.4) is 0 Å². The van der Waals surface area contributed by atoms with E-state index in [1.54, 1.807) is 0 Å². The highest BCUT2D eigenvalue weighted by Gasteiger charge is 2.18. The molecule has 0 aromatic heterocycles. The summed E-state index contributed by atoms with van der Waals surface area (Å²) in [6, 6.07) is 65.7. The molecule has 0 aliphatic carbocycles. The van der Waals surface area contributed by atoms with Gasteiger partial charge in [-0.15, -0.1) is 0 Å². The molecule has 0 amide bonds. The highest BCUT2D eigenvalue weighted by atomic mass is 15.1. The van der Waals surface area contributed by atoms with Gasteiger partial charge in [0.15, 0.2) is 0 Å². The van der Waals surface area contributed by atoms with Crippen LogP contribution in [0.2, 0.25) is 0 Å². The summed E-state index contributed by atoms with van der Waals surface area (Å²) in [6.07, 6.45) is 0.